The topological polar surface area (TPSA) is 86.7 Å². The number of carboxylic acids is 1. The van der Waals surface area contributed by atoms with Crippen LogP contribution in [0.5, 0.6) is 0 Å². The lowest BCUT2D eigenvalue weighted by atomic mass is 9.87. The van der Waals surface area contributed by atoms with Gasteiger partial charge in [0.25, 0.3) is 0 Å². The molecule has 2 amide bonds. The maximum Gasteiger partial charge on any atom is 0.335 e. The van der Waals surface area contributed by atoms with Gasteiger partial charge in [-0.2, -0.15) is 0 Å². The van der Waals surface area contributed by atoms with Crippen molar-refractivity contribution in [3.05, 3.63) is 35.4 Å². The molecular weight excluding hydrogens is 332 g/mol. The molecule has 1 unspecified atom stereocenters. The molecule has 1 aromatic rings. The standard InChI is InChI=1S/C20H26N2O4/c1-13-2-8-17(9-3-13)22-12-16(10-18(22)23)19(24)21-11-14-4-6-15(7-5-14)20(25)26/h4-7,13,16-17H,2-3,8-12H2,1H3,(H,21,24)(H,25,26). The summed E-state index contributed by atoms with van der Waals surface area (Å²) in [6.07, 6.45) is 4.67. The molecule has 26 heavy (non-hydrogen) atoms. The molecule has 1 aliphatic heterocycles. The van der Waals surface area contributed by atoms with Gasteiger partial charge in [0, 0.05) is 25.6 Å². The van der Waals surface area contributed by atoms with Crippen LogP contribution in [-0.2, 0) is 16.1 Å². The summed E-state index contributed by atoms with van der Waals surface area (Å²) < 4.78 is 0. The second-order valence-corrected chi connectivity index (χ2v) is 7.58. The highest BCUT2D eigenvalue weighted by Crippen LogP contribution is 2.31. The third kappa shape index (κ3) is 4.23. The fraction of sp³-hybridized carbons (Fsp3) is 0.550. The summed E-state index contributed by atoms with van der Waals surface area (Å²) in [7, 11) is 0. The van der Waals surface area contributed by atoms with Crippen LogP contribution < -0.4 is 5.32 Å². The van der Waals surface area contributed by atoms with Crippen molar-refractivity contribution in [2.45, 2.75) is 51.6 Å². The summed E-state index contributed by atoms with van der Waals surface area (Å²) in [6.45, 7) is 3.10. The zero-order valence-corrected chi connectivity index (χ0v) is 15.1. The molecule has 0 bridgehead atoms. The van der Waals surface area contributed by atoms with Gasteiger partial charge in [0.15, 0.2) is 0 Å². The number of amides is 2. The fourth-order valence-electron chi connectivity index (χ4n) is 3.91. The number of benzene rings is 1. The number of hydrogen-bond acceptors (Lipinski definition) is 3. The Labute approximate surface area is 153 Å². The number of carboxylic acid groups (broad SMARTS) is 1. The van der Waals surface area contributed by atoms with Crippen LogP contribution in [0.4, 0.5) is 0 Å². The van der Waals surface area contributed by atoms with Crippen LogP contribution in [0.15, 0.2) is 24.3 Å². The van der Waals surface area contributed by atoms with E-state index in [-0.39, 0.29) is 29.7 Å². The number of likely N-dealkylation sites (tertiary alicyclic amines) is 1. The van der Waals surface area contributed by atoms with Crippen LogP contribution in [0.25, 0.3) is 0 Å². The van der Waals surface area contributed by atoms with Gasteiger partial charge in [-0.15, -0.1) is 0 Å². The van der Waals surface area contributed by atoms with Crippen molar-refractivity contribution in [1.29, 1.82) is 0 Å². The van der Waals surface area contributed by atoms with E-state index in [4.69, 9.17) is 5.11 Å². The van der Waals surface area contributed by atoms with Crippen molar-refractivity contribution in [2.75, 3.05) is 6.54 Å². The minimum Gasteiger partial charge on any atom is -0.478 e. The molecule has 0 aromatic heterocycles. The van der Waals surface area contributed by atoms with E-state index in [9.17, 15) is 14.4 Å². The lowest BCUT2D eigenvalue weighted by Gasteiger charge is -2.33. The van der Waals surface area contributed by atoms with E-state index in [1.165, 1.54) is 12.1 Å². The molecule has 6 nitrogen and oxygen atoms in total. The summed E-state index contributed by atoms with van der Waals surface area (Å²) in [5.74, 6) is -0.541. The predicted molar refractivity (Wildman–Crippen MR) is 96.5 cm³/mol. The number of hydrogen-bond donors (Lipinski definition) is 2. The summed E-state index contributed by atoms with van der Waals surface area (Å²) in [5, 5.41) is 11.8. The molecule has 3 rings (SSSR count). The van der Waals surface area contributed by atoms with E-state index in [1.54, 1.807) is 12.1 Å². The molecule has 6 heteroatoms. The normalized spacial score (nSPS) is 26.0. The SMILES string of the molecule is CC1CCC(N2CC(C(=O)NCc3ccc(C(=O)O)cc3)CC2=O)CC1. The first-order chi connectivity index (χ1) is 12.4. The van der Waals surface area contributed by atoms with Gasteiger partial charge in [-0.25, -0.2) is 4.79 Å². The summed E-state index contributed by atoms with van der Waals surface area (Å²) >= 11 is 0. The van der Waals surface area contributed by atoms with Gasteiger partial charge in [-0.1, -0.05) is 19.1 Å². The van der Waals surface area contributed by atoms with Crippen LogP contribution >= 0.6 is 0 Å². The van der Waals surface area contributed by atoms with Crippen molar-refractivity contribution in [1.82, 2.24) is 10.2 Å². The average molecular weight is 358 g/mol. The van der Waals surface area contributed by atoms with Crippen molar-refractivity contribution < 1.29 is 19.5 Å². The first-order valence-electron chi connectivity index (χ1n) is 9.33. The summed E-state index contributed by atoms with van der Waals surface area (Å²) in [6, 6.07) is 6.72. The van der Waals surface area contributed by atoms with E-state index < -0.39 is 5.97 Å². The van der Waals surface area contributed by atoms with E-state index in [0.29, 0.717) is 19.1 Å². The van der Waals surface area contributed by atoms with Crippen LogP contribution in [0.3, 0.4) is 0 Å². The highest BCUT2D eigenvalue weighted by atomic mass is 16.4. The highest BCUT2D eigenvalue weighted by molar-refractivity contribution is 5.89. The zero-order valence-electron chi connectivity index (χ0n) is 15.1. The van der Waals surface area contributed by atoms with Gasteiger partial charge < -0.3 is 15.3 Å². The number of aromatic carboxylic acids is 1. The maximum atomic E-state index is 12.4. The molecule has 1 saturated carbocycles. The third-order valence-corrected chi connectivity index (χ3v) is 5.62. The Kier molecular flexibility index (Phi) is 5.59. The molecule has 2 aliphatic rings. The number of nitrogens with one attached hydrogen (secondary N) is 1. The van der Waals surface area contributed by atoms with E-state index in [0.717, 1.165) is 37.2 Å². The monoisotopic (exact) mass is 358 g/mol. The molecule has 2 fully saturated rings. The first-order valence-corrected chi connectivity index (χ1v) is 9.33. The molecule has 1 aromatic carbocycles. The Bertz CT molecular complexity index is 678. The van der Waals surface area contributed by atoms with Crippen LogP contribution in [0.1, 0.15) is 54.9 Å². The van der Waals surface area contributed by atoms with Crippen molar-refractivity contribution in [2.24, 2.45) is 11.8 Å². The van der Waals surface area contributed by atoms with Gasteiger partial charge in [-0.05, 0) is 49.3 Å². The molecule has 0 spiro atoms. The quantitative estimate of drug-likeness (QED) is 0.846. The highest BCUT2D eigenvalue weighted by Gasteiger charge is 2.38. The Morgan fingerprint density at radius 3 is 2.42 bits per heavy atom. The largest absolute Gasteiger partial charge is 0.478 e. The van der Waals surface area contributed by atoms with Gasteiger partial charge in [0.05, 0.1) is 11.5 Å². The first kappa shape index (κ1) is 18.4. The summed E-state index contributed by atoms with van der Waals surface area (Å²) in [5.41, 5.74) is 1.06. The fourth-order valence-corrected chi connectivity index (χ4v) is 3.91. The number of carbonyl (C=O) groups is 3. The van der Waals surface area contributed by atoms with Crippen molar-refractivity contribution in [3.8, 4) is 0 Å². The molecule has 1 heterocycles. The second-order valence-electron chi connectivity index (χ2n) is 7.58. The van der Waals surface area contributed by atoms with Crippen molar-refractivity contribution >= 4 is 17.8 Å². The van der Waals surface area contributed by atoms with E-state index in [1.807, 2.05) is 4.90 Å². The molecule has 1 aliphatic carbocycles. The smallest absolute Gasteiger partial charge is 0.335 e. The van der Waals surface area contributed by atoms with Crippen LogP contribution in [-0.4, -0.2) is 40.4 Å². The lowest BCUT2D eigenvalue weighted by Crippen LogP contribution is -2.40. The van der Waals surface area contributed by atoms with Gasteiger partial charge in [0.1, 0.15) is 0 Å². The summed E-state index contributed by atoms with van der Waals surface area (Å²) in [4.78, 5) is 37.5. The average Bonchev–Trinajstić information content (AvgIpc) is 3.02. The third-order valence-electron chi connectivity index (χ3n) is 5.62. The minimum atomic E-state index is -0.970. The Hall–Kier alpha value is -2.37. The van der Waals surface area contributed by atoms with Crippen molar-refractivity contribution in [3.63, 3.8) is 0 Å². The molecule has 1 atom stereocenters. The van der Waals surface area contributed by atoms with Gasteiger partial charge in [-0.3, -0.25) is 9.59 Å². The van der Waals surface area contributed by atoms with Gasteiger partial charge in [0.2, 0.25) is 11.8 Å². The number of rotatable bonds is 5. The van der Waals surface area contributed by atoms with E-state index in [2.05, 4.69) is 12.2 Å². The Morgan fingerprint density at radius 2 is 1.81 bits per heavy atom. The molecule has 2 N–H and O–H groups in total. The predicted octanol–water partition coefficient (Wildman–Crippen LogP) is 2.43. The number of carbonyl (C=O) groups excluding carboxylic acids is 2. The minimum absolute atomic E-state index is 0.0931. The van der Waals surface area contributed by atoms with Crippen LogP contribution in [0, 0.1) is 11.8 Å². The second kappa shape index (κ2) is 7.89. The Balaban J connectivity index is 1.50. The maximum absolute atomic E-state index is 12.4. The molecule has 0 radical (unpaired) electrons. The molecular formula is C20H26N2O4. The van der Waals surface area contributed by atoms with E-state index >= 15 is 0 Å². The molecule has 1 saturated heterocycles. The zero-order chi connectivity index (χ0) is 18.7. The van der Waals surface area contributed by atoms with Crippen LogP contribution in [0.2, 0.25) is 0 Å². The van der Waals surface area contributed by atoms with Gasteiger partial charge >= 0.3 is 5.97 Å². The molecule has 140 valence electrons. The lowest BCUT2D eigenvalue weighted by molar-refractivity contribution is -0.131. The number of nitrogens with zero attached hydrogens (tertiary/aromatic N) is 1. The Morgan fingerprint density at radius 1 is 1.15 bits per heavy atom.